The van der Waals surface area contributed by atoms with Crippen LogP contribution in [0.4, 0.5) is 0 Å². The van der Waals surface area contributed by atoms with Gasteiger partial charge in [0.1, 0.15) is 6.10 Å². The molecular weight excluding hydrogens is 296 g/mol. The lowest BCUT2D eigenvalue weighted by Gasteiger charge is -2.38. The van der Waals surface area contributed by atoms with E-state index in [4.69, 9.17) is 13.9 Å². The van der Waals surface area contributed by atoms with Gasteiger partial charge in [0.2, 0.25) is 0 Å². The predicted octanol–water partition coefficient (Wildman–Crippen LogP) is 4.39. The fourth-order valence-electron chi connectivity index (χ4n) is 2.02. The lowest BCUT2D eigenvalue weighted by molar-refractivity contribution is -0.150. The molecular formula is C17H30O4Si. The maximum Gasteiger partial charge on any atom is 0.312 e. The van der Waals surface area contributed by atoms with Crippen molar-refractivity contribution in [3.05, 3.63) is 24.2 Å². The largest absolute Gasteiger partial charge is 0.519 e. The summed E-state index contributed by atoms with van der Waals surface area (Å²) in [5.41, 5.74) is 0. The summed E-state index contributed by atoms with van der Waals surface area (Å²) in [5, 5.41) is 0.0920. The van der Waals surface area contributed by atoms with Crippen LogP contribution in [-0.4, -0.2) is 27.5 Å². The third-order valence-electron chi connectivity index (χ3n) is 4.52. The smallest absolute Gasteiger partial charge is 0.312 e. The number of hydrogen-bond donors (Lipinski definition) is 0. The van der Waals surface area contributed by atoms with Crippen molar-refractivity contribution in [1.82, 2.24) is 0 Å². The van der Waals surface area contributed by atoms with Gasteiger partial charge in [-0.1, -0.05) is 26.8 Å². The molecule has 0 saturated carbocycles. The number of esters is 1. The Morgan fingerprint density at radius 2 is 1.95 bits per heavy atom. The average molecular weight is 327 g/mol. The second kappa shape index (κ2) is 7.35. The molecule has 1 aliphatic carbocycles. The van der Waals surface area contributed by atoms with Crippen molar-refractivity contribution in [3.8, 4) is 0 Å². The van der Waals surface area contributed by atoms with Crippen molar-refractivity contribution in [3.63, 3.8) is 0 Å². The van der Waals surface area contributed by atoms with E-state index < -0.39 is 8.32 Å². The van der Waals surface area contributed by atoms with E-state index in [1.165, 1.54) is 7.11 Å². The summed E-state index contributed by atoms with van der Waals surface area (Å²) in [6, 6.07) is 0. The van der Waals surface area contributed by atoms with Gasteiger partial charge in [-0.25, -0.2) is 0 Å². The van der Waals surface area contributed by atoms with Crippen LogP contribution in [0.1, 0.15) is 40.5 Å². The minimum atomic E-state index is -1.96. The van der Waals surface area contributed by atoms with E-state index in [1.807, 2.05) is 25.2 Å². The fourth-order valence-corrected chi connectivity index (χ4v) is 2.99. The number of hydrogen-bond acceptors (Lipinski definition) is 4. The molecule has 5 heteroatoms. The molecule has 0 fully saturated rings. The summed E-state index contributed by atoms with van der Waals surface area (Å²) in [5.74, 6) is 0.0159. The Hall–Kier alpha value is -1.23. The summed E-state index contributed by atoms with van der Waals surface area (Å²) < 4.78 is 17.1. The molecule has 4 nitrogen and oxygen atoms in total. The molecule has 0 amide bonds. The van der Waals surface area contributed by atoms with Crippen LogP contribution in [0, 0.1) is 5.92 Å². The summed E-state index contributed by atoms with van der Waals surface area (Å²) in [7, 11) is -0.547. The van der Waals surface area contributed by atoms with Crippen LogP contribution in [-0.2, 0) is 18.7 Å². The van der Waals surface area contributed by atoms with Crippen molar-refractivity contribution < 1.29 is 18.7 Å². The molecule has 1 rings (SSSR count). The quantitative estimate of drug-likeness (QED) is 0.325. The van der Waals surface area contributed by atoms with Crippen molar-refractivity contribution >= 4 is 14.3 Å². The highest BCUT2D eigenvalue weighted by atomic mass is 28.4. The predicted molar refractivity (Wildman–Crippen MR) is 90.8 cm³/mol. The molecule has 0 unspecified atom stereocenters. The molecule has 22 heavy (non-hydrogen) atoms. The van der Waals surface area contributed by atoms with Crippen molar-refractivity contribution in [2.24, 2.45) is 5.92 Å². The SMILES string of the molecule is C/C=C(\O[C@@H]1C=CCC[C@H]1C(=O)OC)O[Si](C)(C)C(C)(C)C. The van der Waals surface area contributed by atoms with Crippen LogP contribution < -0.4 is 0 Å². The highest BCUT2D eigenvalue weighted by Gasteiger charge is 2.40. The van der Waals surface area contributed by atoms with Crippen molar-refractivity contribution in [1.29, 1.82) is 0 Å². The van der Waals surface area contributed by atoms with Crippen LogP contribution in [0.25, 0.3) is 0 Å². The monoisotopic (exact) mass is 326 g/mol. The molecule has 0 spiro atoms. The minimum absolute atomic E-state index is 0.0920. The van der Waals surface area contributed by atoms with Gasteiger partial charge in [0.05, 0.1) is 13.0 Å². The molecule has 0 N–H and O–H groups in total. The molecule has 2 atom stereocenters. The molecule has 0 saturated heterocycles. The third kappa shape index (κ3) is 4.63. The van der Waals surface area contributed by atoms with E-state index in [2.05, 4.69) is 33.9 Å². The Morgan fingerprint density at radius 1 is 1.32 bits per heavy atom. The van der Waals surface area contributed by atoms with Crippen molar-refractivity contribution in [2.45, 2.75) is 64.8 Å². The minimum Gasteiger partial charge on any atom is -0.519 e. The molecule has 0 aliphatic heterocycles. The van der Waals surface area contributed by atoms with E-state index in [1.54, 1.807) is 0 Å². The second-order valence-corrected chi connectivity index (χ2v) is 11.9. The van der Waals surface area contributed by atoms with Gasteiger partial charge >= 0.3 is 5.97 Å². The Balaban J connectivity index is 2.83. The first kappa shape index (κ1) is 18.8. The number of carbonyl (C=O) groups is 1. The van der Waals surface area contributed by atoms with Crippen LogP contribution in [0.3, 0.4) is 0 Å². The Labute approximate surface area is 135 Å². The summed E-state index contributed by atoms with van der Waals surface area (Å²) in [4.78, 5) is 11.9. The summed E-state index contributed by atoms with van der Waals surface area (Å²) >= 11 is 0. The Morgan fingerprint density at radius 3 is 2.45 bits per heavy atom. The lowest BCUT2D eigenvalue weighted by Crippen LogP contribution is -2.41. The fraction of sp³-hybridized carbons (Fsp3) is 0.706. The van der Waals surface area contributed by atoms with Crippen LogP contribution in [0.15, 0.2) is 24.2 Å². The first-order chi connectivity index (χ1) is 10.1. The van der Waals surface area contributed by atoms with Gasteiger partial charge in [-0.05, 0) is 50.0 Å². The standard InChI is InChI=1S/C17H30O4Si/c1-8-15(21-22(6,7)17(2,3)4)20-14-12-10-9-11-13(14)16(18)19-5/h8,10,12-14H,9,11H2,1-7H3/b15-8+/t13-,14-/m1/s1. The maximum absolute atomic E-state index is 11.9. The zero-order chi connectivity index (χ0) is 17.0. The number of methoxy groups -OCH3 is 1. The van der Waals surface area contributed by atoms with E-state index in [0.717, 1.165) is 12.8 Å². The average Bonchev–Trinajstić information content (AvgIpc) is 2.44. The molecule has 126 valence electrons. The number of ether oxygens (including phenoxy) is 2. The molecule has 0 heterocycles. The molecule has 1 aliphatic rings. The molecule has 0 radical (unpaired) electrons. The summed E-state index contributed by atoms with van der Waals surface area (Å²) in [6.45, 7) is 12.8. The topological polar surface area (TPSA) is 44.8 Å². The van der Waals surface area contributed by atoms with Gasteiger partial charge in [0, 0.05) is 0 Å². The van der Waals surface area contributed by atoms with Gasteiger partial charge in [-0.2, -0.15) is 0 Å². The lowest BCUT2D eigenvalue weighted by atomic mass is 9.91. The molecule has 0 bridgehead atoms. The van der Waals surface area contributed by atoms with Gasteiger partial charge in [0.25, 0.3) is 14.3 Å². The molecule has 0 aromatic heterocycles. The molecule has 0 aromatic rings. The number of allylic oxidation sites excluding steroid dienone is 2. The van der Waals surface area contributed by atoms with Gasteiger partial charge in [-0.3, -0.25) is 4.79 Å². The van der Waals surface area contributed by atoms with Crippen LogP contribution in [0.5, 0.6) is 0 Å². The maximum atomic E-state index is 11.9. The van der Waals surface area contributed by atoms with Crippen molar-refractivity contribution in [2.75, 3.05) is 7.11 Å². The zero-order valence-corrected chi connectivity index (χ0v) is 15.9. The first-order valence-electron chi connectivity index (χ1n) is 7.89. The second-order valence-electron chi connectivity index (χ2n) is 7.19. The zero-order valence-electron chi connectivity index (χ0n) is 14.9. The summed E-state index contributed by atoms with van der Waals surface area (Å²) in [6.07, 6.45) is 7.10. The van der Waals surface area contributed by atoms with E-state index in [-0.39, 0.29) is 23.0 Å². The number of carbonyl (C=O) groups excluding carboxylic acids is 1. The first-order valence-corrected chi connectivity index (χ1v) is 10.8. The Kier molecular flexibility index (Phi) is 6.29. The highest BCUT2D eigenvalue weighted by molar-refractivity contribution is 6.74. The highest BCUT2D eigenvalue weighted by Crippen LogP contribution is 2.38. The van der Waals surface area contributed by atoms with Crippen LogP contribution in [0.2, 0.25) is 18.1 Å². The van der Waals surface area contributed by atoms with Gasteiger partial charge < -0.3 is 13.9 Å². The normalized spacial score (nSPS) is 23.1. The molecule has 0 aromatic carbocycles. The van der Waals surface area contributed by atoms with Gasteiger partial charge in [0.15, 0.2) is 0 Å². The van der Waals surface area contributed by atoms with Crippen LogP contribution >= 0.6 is 0 Å². The van der Waals surface area contributed by atoms with E-state index in [9.17, 15) is 4.79 Å². The van der Waals surface area contributed by atoms with E-state index >= 15 is 0 Å². The third-order valence-corrected chi connectivity index (χ3v) is 8.84. The van der Waals surface area contributed by atoms with Gasteiger partial charge in [-0.15, -0.1) is 0 Å². The number of rotatable bonds is 5. The Bertz CT molecular complexity index is 446. The van der Waals surface area contributed by atoms with E-state index in [0.29, 0.717) is 5.95 Å².